The van der Waals surface area contributed by atoms with Crippen molar-refractivity contribution in [3.63, 3.8) is 0 Å². The number of methoxy groups -OCH3 is 1. The zero-order valence-corrected chi connectivity index (χ0v) is 20.0. The largest absolute Gasteiger partial charge is 0.494 e. The molecule has 1 saturated heterocycles. The molecule has 2 amide bonds. The molecule has 0 radical (unpaired) electrons. The molecule has 1 aliphatic rings. The average Bonchev–Trinajstić information content (AvgIpc) is 3.19. The molecule has 3 heterocycles. The summed E-state index contributed by atoms with van der Waals surface area (Å²) < 4.78 is 7.67. The van der Waals surface area contributed by atoms with Crippen LogP contribution in [-0.4, -0.2) is 58.0 Å². The molecule has 2 aromatic heterocycles. The van der Waals surface area contributed by atoms with E-state index in [1.165, 1.54) is 16.7 Å². The van der Waals surface area contributed by atoms with Crippen LogP contribution in [0.3, 0.4) is 0 Å². The van der Waals surface area contributed by atoms with Crippen LogP contribution >= 0.6 is 11.8 Å². The van der Waals surface area contributed by atoms with E-state index in [1.54, 1.807) is 31.5 Å². The van der Waals surface area contributed by atoms with E-state index in [1.807, 2.05) is 24.1 Å². The van der Waals surface area contributed by atoms with E-state index in [0.717, 1.165) is 21.5 Å². The fourth-order valence-corrected chi connectivity index (χ4v) is 5.00. The summed E-state index contributed by atoms with van der Waals surface area (Å²) in [5.74, 6) is 0.296. The van der Waals surface area contributed by atoms with Crippen LogP contribution in [0.5, 0.6) is 5.75 Å². The highest BCUT2D eigenvalue weighted by Gasteiger charge is 2.28. The molecule has 0 atom stereocenters. The normalized spacial score (nSPS) is 14.1. The van der Waals surface area contributed by atoms with E-state index in [2.05, 4.69) is 16.4 Å². The lowest BCUT2D eigenvalue weighted by atomic mass is 9.89. The third-order valence-electron chi connectivity index (χ3n) is 6.21. The number of nitrogens with one attached hydrogen (secondary N) is 1. The van der Waals surface area contributed by atoms with Gasteiger partial charge in [0.2, 0.25) is 0 Å². The Bertz CT molecular complexity index is 1300. The number of nitrogens with zero attached hydrogens (tertiary/aromatic N) is 4. The molecule has 0 saturated carbocycles. The number of ether oxygens (including phenoxy) is 1. The zero-order chi connectivity index (χ0) is 24.4. The first kappa shape index (κ1) is 23.4. The third kappa shape index (κ3) is 4.26. The Morgan fingerprint density at radius 1 is 1.32 bits per heavy atom. The number of nitriles is 1. The van der Waals surface area contributed by atoms with Crippen molar-refractivity contribution in [3.05, 3.63) is 47.3 Å². The van der Waals surface area contributed by atoms with Gasteiger partial charge in [0, 0.05) is 36.8 Å². The van der Waals surface area contributed by atoms with E-state index in [-0.39, 0.29) is 11.8 Å². The van der Waals surface area contributed by atoms with E-state index in [4.69, 9.17) is 4.74 Å². The minimum Gasteiger partial charge on any atom is -0.494 e. The van der Waals surface area contributed by atoms with E-state index >= 15 is 0 Å². The average molecular weight is 480 g/mol. The first-order valence-corrected chi connectivity index (χ1v) is 12.0. The van der Waals surface area contributed by atoms with Crippen LogP contribution in [0, 0.1) is 11.3 Å². The zero-order valence-electron chi connectivity index (χ0n) is 19.2. The number of hydrogen-bond donors (Lipinski definition) is 2. The fourth-order valence-electron chi connectivity index (χ4n) is 4.47. The maximum Gasteiger partial charge on any atom is 0.407 e. The molecular weight excluding hydrogens is 454 g/mol. The van der Waals surface area contributed by atoms with Crippen molar-refractivity contribution in [2.45, 2.75) is 23.7 Å². The first-order chi connectivity index (χ1) is 16.4. The predicted octanol–water partition coefficient (Wildman–Crippen LogP) is 4.29. The predicted molar refractivity (Wildman–Crippen MR) is 130 cm³/mol. The van der Waals surface area contributed by atoms with Crippen LogP contribution in [0.25, 0.3) is 11.0 Å². The highest BCUT2D eigenvalue weighted by Crippen LogP contribution is 2.41. The van der Waals surface area contributed by atoms with Gasteiger partial charge in [0.1, 0.15) is 17.4 Å². The summed E-state index contributed by atoms with van der Waals surface area (Å²) in [5.41, 5.74) is 2.99. The van der Waals surface area contributed by atoms with Gasteiger partial charge < -0.3 is 24.6 Å². The lowest BCUT2D eigenvalue weighted by Crippen LogP contribution is -2.36. The quantitative estimate of drug-likeness (QED) is 0.524. The Morgan fingerprint density at radius 3 is 2.68 bits per heavy atom. The Morgan fingerprint density at radius 2 is 2.06 bits per heavy atom. The Balaban J connectivity index is 1.68. The maximum absolute atomic E-state index is 13.0. The number of amides is 2. The molecule has 176 valence electrons. The molecule has 1 aromatic carbocycles. The second kappa shape index (κ2) is 9.65. The smallest absolute Gasteiger partial charge is 0.407 e. The minimum atomic E-state index is -0.897. The Hall–Kier alpha value is -3.71. The summed E-state index contributed by atoms with van der Waals surface area (Å²) in [4.78, 5) is 31.1. The van der Waals surface area contributed by atoms with Gasteiger partial charge >= 0.3 is 6.09 Å². The lowest BCUT2D eigenvalue weighted by molar-refractivity contribution is 0.102. The fraction of sp³-hybridized carbons (Fsp3) is 0.333. The molecule has 0 spiro atoms. The Kier molecular flexibility index (Phi) is 6.65. The lowest BCUT2D eigenvalue weighted by Gasteiger charge is -2.30. The van der Waals surface area contributed by atoms with Crippen molar-refractivity contribution in [2.75, 3.05) is 31.8 Å². The molecule has 3 aromatic rings. The van der Waals surface area contributed by atoms with Crippen molar-refractivity contribution in [2.24, 2.45) is 7.05 Å². The minimum absolute atomic E-state index is 0.151. The number of pyridine rings is 1. The number of carbonyl (C=O) groups is 2. The van der Waals surface area contributed by atoms with Gasteiger partial charge in [0.15, 0.2) is 5.75 Å². The summed E-state index contributed by atoms with van der Waals surface area (Å²) in [5, 5.41) is 22.3. The van der Waals surface area contributed by atoms with Crippen LogP contribution in [0.15, 0.2) is 35.5 Å². The molecular formula is C24H25N5O4S. The van der Waals surface area contributed by atoms with Gasteiger partial charge in [0.25, 0.3) is 5.91 Å². The summed E-state index contributed by atoms with van der Waals surface area (Å²) in [6.07, 6.45) is 5.95. The van der Waals surface area contributed by atoms with Crippen LogP contribution in [0.4, 0.5) is 10.5 Å². The Labute approximate surface area is 201 Å². The van der Waals surface area contributed by atoms with E-state index < -0.39 is 6.09 Å². The highest BCUT2D eigenvalue weighted by molar-refractivity contribution is 7.98. The summed E-state index contributed by atoms with van der Waals surface area (Å²) >= 11 is 1.45. The number of carboxylic acid groups (broad SMARTS) is 1. The number of carbonyl (C=O) groups excluding carboxylic acids is 1. The summed E-state index contributed by atoms with van der Waals surface area (Å²) in [6, 6.07) is 7.15. The number of rotatable bonds is 5. The third-order valence-corrected chi connectivity index (χ3v) is 7.00. The van der Waals surface area contributed by atoms with Gasteiger partial charge in [0.05, 0.1) is 24.3 Å². The molecule has 1 aliphatic heterocycles. The number of aryl methyl sites for hydroxylation is 1. The standard InChI is InChI=1S/C24H25N5O4S/c1-28-13-17(14-6-8-29(9-7-14)24(31)32)20-21(33-2)18(12-26-22(20)28)27-23(30)15-4-5-19(34-3)16(10-15)11-25/h4-5,10,12-14H,6-9H2,1-3H3,(H,27,30)(H,31,32). The number of piperidine rings is 1. The van der Waals surface area contributed by atoms with Crippen molar-refractivity contribution in [3.8, 4) is 11.8 Å². The van der Waals surface area contributed by atoms with Gasteiger partial charge in [-0.1, -0.05) is 0 Å². The van der Waals surface area contributed by atoms with E-state index in [9.17, 15) is 20.0 Å². The monoisotopic (exact) mass is 479 g/mol. The maximum atomic E-state index is 13.0. The molecule has 4 rings (SSSR count). The number of benzene rings is 1. The van der Waals surface area contributed by atoms with Crippen LogP contribution in [0.1, 0.15) is 40.2 Å². The highest BCUT2D eigenvalue weighted by atomic mass is 32.2. The van der Waals surface area contributed by atoms with Gasteiger partial charge in [-0.05, 0) is 48.8 Å². The molecule has 0 unspecified atom stereocenters. The first-order valence-electron chi connectivity index (χ1n) is 10.8. The molecule has 2 N–H and O–H groups in total. The number of anilines is 1. The van der Waals surface area contributed by atoms with Crippen LogP contribution in [-0.2, 0) is 7.05 Å². The number of hydrogen-bond acceptors (Lipinski definition) is 6. The summed E-state index contributed by atoms with van der Waals surface area (Å²) in [7, 11) is 3.45. The molecule has 34 heavy (non-hydrogen) atoms. The van der Waals surface area contributed by atoms with Gasteiger partial charge in [-0.25, -0.2) is 9.78 Å². The van der Waals surface area contributed by atoms with Crippen molar-refractivity contribution >= 4 is 40.5 Å². The topological polar surface area (TPSA) is 120 Å². The second-order valence-corrected chi connectivity index (χ2v) is 8.97. The van der Waals surface area contributed by atoms with Crippen LogP contribution in [0.2, 0.25) is 0 Å². The molecule has 1 fully saturated rings. The van der Waals surface area contributed by atoms with Crippen molar-refractivity contribution in [1.29, 1.82) is 5.26 Å². The van der Waals surface area contributed by atoms with Crippen LogP contribution < -0.4 is 10.1 Å². The molecule has 10 heteroatoms. The molecule has 0 bridgehead atoms. The summed E-state index contributed by atoms with van der Waals surface area (Å²) in [6.45, 7) is 0.936. The molecule has 9 nitrogen and oxygen atoms in total. The van der Waals surface area contributed by atoms with Gasteiger partial charge in [-0.3, -0.25) is 4.79 Å². The molecule has 0 aliphatic carbocycles. The number of likely N-dealkylation sites (tertiary alicyclic amines) is 1. The van der Waals surface area contributed by atoms with Gasteiger partial charge in [-0.2, -0.15) is 5.26 Å². The second-order valence-electron chi connectivity index (χ2n) is 8.12. The number of thioether (sulfide) groups is 1. The van der Waals surface area contributed by atoms with Crippen molar-refractivity contribution < 1.29 is 19.4 Å². The van der Waals surface area contributed by atoms with Gasteiger partial charge in [-0.15, -0.1) is 11.8 Å². The van der Waals surface area contributed by atoms with E-state index in [0.29, 0.717) is 48.5 Å². The SMILES string of the molecule is COc1c(NC(=O)c2ccc(SC)c(C#N)c2)cnc2c1c(C1CCN(C(=O)O)CC1)cn2C. The number of fused-ring (bicyclic) bond motifs is 1. The number of aromatic nitrogens is 2. The van der Waals surface area contributed by atoms with Crippen molar-refractivity contribution in [1.82, 2.24) is 14.5 Å².